The zero-order chi connectivity index (χ0) is 12.2. The van der Waals surface area contributed by atoms with Crippen molar-refractivity contribution in [3.8, 4) is 5.75 Å². The number of nitrogens with zero attached hydrogens (tertiary/aromatic N) is 1. The van der Waals surface area contributed by atoms with Gasteiger partial charge in [-0.15, -0.1) is 4.84 Å². The lowest BCUT2D eigenvalue weighted by atomic mass is 10.2. The average molecular weight is 226 g/mol. The Balaban J connectivity index is 2.56. The first-order valence-corrected chi connectivity index (χ1v) is 4.87. The second-order valence-corrected chi connectivity index (χ2v) is 4.15. The summed E-state index contributed by atoms with van der Waals surface area (Å²) >= 11 is 0. The van der Waals surface area contributed by atoms with Crippen molar-refractivity contribution in [2.45, 2.75) is 26.4 Å². The summed E-state index contributed by atoms with van der Waals surface area (Å²) in [6.07, 6.45) is 2.37. The summed E-state index contributed by atoms with van der Waals surface area (Å²) in [5.41, 5.74) is -0.565. The van der Waals surface area contributed by atoms with E-state index in [0.717, 1.165) is 0 Å². The number of rotatable bonds is 2. The van der Waals surface area contributed by atoms with E-state index in [1.54, 1.807) is 52.4 Å². The van der Waals surface area contributed by atoms with Crippen LogP contribution in [-0.2, 0) is 4.74 Å². The topological polar surface area (TPSA) is 48.6 Å². The summed E-state index contributed by atoms with van der Waals surface area (Å²) in [4.78, 5) is 16.2. The van der Waals surface area contributed by atoms with E-state index in [4.69, 9.17) is 14.3 Å². The highest BCUT2D eigenvalue weighted by Gasteiger charge is 2.21. The minimum Gasteiger partial charge on any atom is -0.496 e. The van der Waals surface area contributed by atoms with Crippen LogP contribution in [0.15, 0.2) is 24.5 Å². The summed E-state index contributed by atoms with van der Waals surface area (Å²) in [6.45, 7) is 5.31. The first-order chi connectivity index (χ1) is 7.40. The Morgan fingerprint density at radius 3 is 2.25 bits per heavy atom. The maximum absolute atomic E-state index is 11.3. The summed E-state index contributed by atoms with van der Waals surface area (Å²) in [5, 5.41) is 0. The fourth-order valence-electron chi connectivity index (χ4n) is 0.951. The van der Waals surface area contributed by atoms with Crippen LogP contribution in [-0.4, -0.2) is 18.9 Å². The van der Waals surface area contributed by atoms with Crippen LogP contribution in [0.25, 0.3) is 0 Å². The number of carbonyl (C=O) groups excluding carboxylic acids is 1. The van der Waals surface area contributed by atoms with Gasteiger partial charge in [0.2, 0.25) is 12.4 Å². The monoisotopic (exact) mass is 226 g/mol. The number of hydrogen-bond acceptors (Lipinski definition) is 4. The maximum atomic E-state index is 11.3. The molecule has 5 nitrogen and oxygen atoms in total. The summed E-state index contributed by atoms with van der Waals surface area (Å²) in [7, 11) is 1.56. The van der Waals surface area contributed by atoms with E-state index in [9.17, 15) is 4.79 Å². The van der Waals surface area contributed by atoms with Gasteiger partial charge in [-0.2, -0.15) is 4.79 Å². The van der Waals surface area contributed by atoms with E-state index < -0.39 is 11.8 Å². The van der Waals surface area contributed by atoms with Gasteiger partial charge < -0.3 is 9.47 Å². The average Bonchev–Trinajstić information content (AvgIpc) is 2.16. The molecule has 1 aromatic heterocycles. The molecule has 0 bridgehead atoms. The Morgan fingerprint density at radius 1 is 1.25 bits per heavy atom. The second kappa shape index (κ2) is 4.83. The smallest absolute Gasteiger partial charge is 0.496 e. The predicted molar refractivity (Wildman–Crippen MR) is 56.0 cm³/mol. The molecule has 0 atom stereocenters. The van der Waals surface area contributed by atoms with Gasteiger partial charge in [-0.05, 0) is 20.8 Å². The standard InChI is InChI=1S/C11H16NO4/c1-11(2,3)15-10(13)16-12-7-5-9(14-4)6-8-12/h5-8H,1-4H3/q+1. The van der Waals surface area contributed by atoms with Crippen molar-refractivity contribution >= 4 is 6.16 Å². The van der Waals surface area contributed by atoms with Crippen LogP contribution in [0.5, 0.6) is 5.75 Å². The molecule has 1 heterocycles. The number of ether oxygens (including phenoxy) is 2. The molecular weight excluding hydrogens is 210 g/mol. The van der Waals surface area contributed by atoms with Gasteiger partial charge in [0.25, 0.3) is 0 Å². The quantitative estimate of drug-likeness (QED) is 0.564. The minimum absolute atomic E-state index is 0.565. The van der Waals surface area contributed by atoms with Crippen molar-refractivity contribution in [3.05, 3.63) is 24.5 Å². The van der Waals surface area contributed by atoms with Crippen molar-refractivity contribution in [2.75, 3.05) is 7.11 Å². The molecule has 0 aliphatic rings. The lowest BCUT2D eigenvalue weighted by Crippen LogP contribution is -2.46. The molecule has 1 aromatic rings. The predicted octanol–water partition coefficient (Wildman–Crippen LogP) is 1.35. The van der Waals surface area contributed by atoms with Crippen molar-refractivity contribution in [1.82, 2.24) is 0 Å². The molecule has 0 amide bonds. The van der Waals surface area contributed by atoms with Gasteiger partial charge in [-0.25, -0.2) is 0 Å². The molecule has 0 saturated carbocycles. The van der Waals surface area contributed by atoms with Crippen molar-refractivity contribution in [2.24, 2.45) is 0 Å². The lowest BCUT2D eigenvalue weighted by Gasteiger charge is -2.16. The maximum Gasteiger partial charge on any atom is 0.572 e. The fourth-order valence-corrected chi connectivity index (χ4v) is 0.951. The molecule has 88 valence electrons. The van der Waals surface area contributed by atoms with Crippen molar-refractivity contribution in [3.63, 3.8) is 0 Å². The highest BCUT2D eigenvalue weighted by atomic mass is 16.8. The van der Waals surface area contributed by atoms with E-state index in [2.05, 4.69) is 0 Å². The first kappa shape index (κ1) is 12.3. The Hall–Kier alpha value is -1.78. The van der Waals surface area contributed by atoms with E-state index in [-0.39, 0.29) is 0 Å². The number of aromatic nitrogens is 1. The van der Waals surface area contributed by atoms with Crippen LogP contribution in [0.3, 0.4) is 0 Å². The van der Waals surface area contributed by atoms with Crippen molar-refractivity contribution < 1.29 is 23.8 Å². The number of pyridine rings is 1. The van der Waals surface area contributed by atoms with Gasteiger partial charge in [0.15, 0.2) is 0 Å². The minimum atomic E-state index is -0.748. The van der Waals surface area contributed by atoms with E-state index in [0.29, 0.717) is 5.75 Å². The molecule has 0 spiro atoms. The van der Waals surface area contributed by atoms with E-state index in [1.807, 2.05) is 0 Å². The van der Waals surface area contributed by atoms with Gasteiger partial charge in [0.1, 0.15) is 11.4 Å². The molecule has 0 aromatic carbocycles. The second-order valence-electron chi connectivity index (χ2n) is 4.15. The van der Waals surface area contributed by atoms with E-state index in [1.165, 1.54) is 4.73 Å². The molecule has 0 N–H and O–H groups in total. The van der Waals surface area contributed by atoms with Crippen LogP contribution >= 0.6 is 0 Å². The zero-order valence-corrected chi connectivity index (χ0v) is 9.89. The molecule has 1 rings (SSSR count). The largest absolute Gasteiger partial charge is 0.572 e. The molecule has 0 aliphatic carbocycles. The first-order valence-electron chi connectivity index (χ1n) is 4.87. The molecule has 0 fully saturated rings. The van der Waals surface area contributed by atoms with Gasteiger partial charge in [0.05, 0.1) is 7.11 Å². The van der Waals surface area contributed by atoms with Crippen LogP contribution in [0.4, 0.5) is 4.79 Å². The molecule has 0 radical (unpaired) electrons. The van der Waals surface area contributed by atoms with Crippen LogP contribution in [0, 0.1) is 0 Å². The summed E-state index contributed by atoms with van der Waals surface area (Å²) in [6, 6.07) is 3.34. The summed E-state index contributed by atoms with van der Waals surface area (Å²) in [5.74, 6) is 0.684. The Morgan fingerprint density at radius 2 is 1.81 bits per heavy atom. The summed E-state index contributed by atoms with van der Waals surface area (Å²) < 4.78 is 11.2. The van der Waals surface area contributed by atoms with Crippen LogP contribution < -0.4 is 14.3 Å². The third-order valence-corrected chi connectivity index (χ3v) is 1.58. The third-order valence-electron chi connectivity index (χ3n) is 1.58. The molecule has 0 saturated heterocycles. The van der Waals surface area contributed by atoms with Crippen molar-refractivity contribution in [1.29, 1.82) is 0 Å². The highest BCUT2D eigenvalue weighted by molar-refractivity contribution is 5.59. The molecule has 16 heavy (non-hydrogen) atoms. The van der Waals surface area contributed by atoms with Gasteiger partial charge in [-0.1, -0.05) is 0 Å². The highest BCUT2D eigenvalue weighted by Crippen LogP contribution is 2.07. The molecule has 5 heteroatoms. The SMILES string of the molecule is COc1cc[n+](OC(=O)OC(C)(C)C)cc1. The van der Waals surface area contributed by atoms with Crippen LogP contribution in [0.1, 0.15) is 20.8 Å². The molecular formula is C11H16NO4+. The fraction of sp³-hybridized carbons (Fsp3) is 0.455. The normalized spacial score (nSPS) is 10.8. The molecule has 0 unspecified atom stereocenters. The third kappa shape index (κ3) is 4.16. The van der Waals surface area contributed by atoms with Gasteiger partial charge in [0, 0.05) is 16.9 Å². The number of methoxy groups -OCH3 is 1. The Labute approximate surface area is 94.5 Å². The Bertz CT molecular complexity index is 353. The zero-order valence-electron chi connectivity index (χ0n) is 9.89. The lowest BCUT2D eigenvalue weighted by molar-refractivity contribution is -0.870. The molecule has 0 aliphatic heterocycles. The van der Waals surface area contributed by atoms with Gasteiger partial charge >= 0.3 is 6.16 Å². The number of carbonyl (C=O) groups is 1. The van der Waals surface area contributed by atoms with Crippen LogP contribution in [0.2, 0.25) is 0 Å². The number of hydrogen-bond donors (Lipinski definition) is 0. The van der Waals surface area contributed by atoms with E-state index >= 15 is 0 Å². The Kier molecular flexibility index (Phi) is 3.71. The van der Waals surface area contributed by atoms with Gasteiger partial charge in [-0.3, -0.25) is 0 Å².